The van der Waals surface area contributed by atoms with Crippen molar-refractivity contribution in [1.82, 2.24) is 10.6 Å². The van der Waals surface area contributed by atoms with Gasteiger partial charge in [-0.15, -0.1) is 24.0 Å². The molecule has 1 saturated heterocycles. The van der Waals surface area contributed by atoms with Crippen LogP contribution >= 0.6 is 24.0 Å². The summed E-state index contributed by atoms with van der Waals surface area (Å²) in [6, 6.07) is 10.7. The Morgan fingerprint density at radius 1 is 1.18 bits per heavy atom. The average molecular weight is 503 g/mol. The fourth-order valence-corrected chi connectivity index (χ4v) is 3.92. The molecule has 5 nitrogen and oxygen atoms in total. The highest BCUT2D eigenvalue weighted by Crippen LogP contribution is 2.33. The molecule has 0 radical (unpaired) electrons. The summed E-state index contributed by atoms with van der Waals surface area (Å²) >= 11 is 0. The lowest BCUT2D eigenvalue weighted by Gasteiger charge is -2.32. The summed E-state index contributed by atoms with van der Waals surface area (Å²) in [5, 5.41) is 16.3. The van der Waals surface area contributed by atoms with Crippen molar-refractivity contribution in [1.29, 1.82) is 0 Å². The first-order valence-electron chi connectivity index (χ1n) is 10.4. The molecule has 0 spiro atoms. The van der Waals surface area contributed by atoms with Gasteiger partial charge in [0, 0.05) is 37.1 Å². The first-order chi connectivity index (χ1) is 13.1. The molecule has 0 bridgehead atoms. The van der Waals surface area contributed by atoms with Crippen LogP contribution in [0.1, 0.15) is 52.0 Å². The van der Waals surface area contributed by atoms with Gasteiger partial charge in [-0.05, 0) is 38.2 Å². The van der Waals surface area contributed by atoms with Gasteiger partial charge >= 0.3 is 0 Å². The van der Waals surface area contributed by atoms with Gasteiger partial charge in [0.05, 0.1) is 13.2 Å². The molecular weight excluding hydrogens is 465 g/mol. The van der Waals surface area contributed by atoms with Gasteiger partial charge in [0.15, 0.2) is 5.96 Å². The quantitative estimate of drug-likeness (QED) is 0.259. The topological polar surface area (TPSA) is 65.9 Å². The molecule has 1 atom stereocenters. The predicted molar refractivity (Wildman–Crippen MR) is 128 cm³/mol. The van der Waals surface area contributed by atoms with Crippen LogP contribution in [-0.4, -0.2) is 50.5 Å². The van der Waals surface area contributed by atoms with Gasteiger partial charge in [0.2, 0.25) is 0 Å². The summed E-state index contributed by atoms with van der Waals surface area (Å²) in [6.45, 7) is 10.6. The van der Waals surface area contributed by atoms with Gasteiger partial charge < -0.3 is 20.5 Å². The van der Waals surface area contributed by atoms with Crippen LogP contribution in [0.3, 0.4) is 0 Å². The van der Waals surface area contributed by atoms with Crippen LogP contribution in [-0.2, 0) is 10.2 Å². The van der Waals surface area contributed by atoms with Crippen molar-refractivity contribution in [2.75, 3.05) is 39.5 Å². The summed E-state index contributed by atoms with van der Waals surface area (Å²) in [6.07, 6.45) is 3.85. The standard InChI is InChI=1S/C22H37N3O2.HI/c1-4-22(5-2,19-10-8-7-9-11-19)17-25-20(23-6-3)24-16-21(12-14-26)13-15-27-18-21;/h7-11,26H,4-6,12-18H2,1-3H3,(H2,23,24,25);1H. The van der Waals surface area contributed by atoms with Crippen LogP contribution in [0.2, 0.25) is 0 Å². The SMILES string of the molecule is CCNC(=NCC(CC)(CC)c1ccccc1)NCC1(CCO)CCOC1.I. The van der Waals surface area contributed by atoms with Crippen molar-refractivity contribution in [3.05, 3.63) is 35.9 Å². The smallest absolute Gasteiger partial charge is 0.191 e. The number of nitrogens with zero attached hydrogens (tertiary/aromatic N) is 1. The van der Waals surface area contributed by atoms with Crippen molar-refractivity contribution in [3.63, 3.8) is 0 Å². The lowest BCUT2D eigenvalue weighted by Crippen LogP contribution is -2.45. The number of aliphatic hydroxyl groups is 1. The minimum absolute atomic E-state index is 0. The van der Waals surface area contributed by atoms with E-state index in [1.807, 2.05) is 0 Å². The average Bonchev–Trinajstić information content (AvgIpc) is 3.17. The van der Waals surface area contributed by atoms with Crippen LogP contribution in [0.15, 0.2) is 35.3 Å². The molecule has 0 aliphatic carbocycles. The lowest BCUT2D eigenvalue weighted by atomic mass is 9.76. The number of benzene rings is 1. The highest BCUT2D eigenvalue weighted by Gasteiger charge is 2.34. The van der Waals surface area contributed by atoms with Gasteiger partial charge in [0.25, 0.3) is 0 Å². The van der Waals surface area contributed by atoms with Gasteiger partial charge in [0.1, 0.15) is 0 Å². The molecule has 2 rings (SSSR count). The Balaban J connectivity index is 0.00000392. The number of aliphatic imine (C=N–C) groups is 1. The molecule has 3 N–H and O–H groups in total. The van der Waals surface area contributed by atoms with E-state index in [1.165, 1.54) is 5.56 Å². The number of aliphatic hydroxyl groups excluding tert-OH is 1. The summed E-state index contributed by atoms with van der Waals surface area (Å²) < 4.78 is 5.60. The normalized spacial score (nSPS) is 19.9. The maximum absolute atomic E-state index is 9.43. The lowest BCUT2D eigenvalue weighted by molar-refractivity contribution is 0.127. The van der Waals surface area contributed by atoms with Crippen LogP contribution in [0.4, 0.5) is 0 Å². The van der Waals surface area contributed by atoms with E-state index in [0.29, 0.717) is 6.61 Å². The number of nitrogens with one attached hydrogen (secondary N) is 2. The van der Waals surface area contributed by atoms with E-state index in [2.05, 4.69) is 61.7 Å². The Bertz CT molecular complexity index is 570. The van der Waals surface area contributed by atoms with Gasteiger partial charge in [-0.2, -0.15) is 0 Å². The molecule has 28 heavy (non-hydrogen) atoms. The van der Waals surface area contributed by atoms with Gasteiger partial charge in [-0.25, -0.2) is 0 Å². The van der Waals surface area contributed by atoms with E-state index < -0.39 is 0 Å². The van der Waals surface area contributed by atoms with E-state index >= 15 is 0 Å². The molecule has 6 heteroatoms. The van der Waals surface area contributed by atoms with Crippen LogP contribution in [0.5, 0.6) is 0 Å². The van der Waals surface area contributed by atoms with E-state index in [0.717, 1.165) is 57.9 Å². The van der Waals surface area contributed by atoms with Crippen LogP contribution in [0, 0.1) is 5.41 Å². The second-order valence-corrected chi connectivity index (χ2v) is 7.68. The Hall–Kier alpha value is -0.860. The minimum atomic E-state index is 0. The third-order valence-corrected chi connectivity index (χ3v) is 6.08. The highest BCUT2D eigenvalue weighted by molar-refractivity contribution is 14.0. The van der Waals surface area contributed by atoms with Crippen molar-refractivity contribution in [2.24, 2.45) is 10.4 Å². The number of halogens is 1. The zero-order valence-corrected chi connectivity index (χ0v) is 20.0. The summed E-state index contributed by atoms with van der Waals surface area (Å²) in [5.41, 5.74) is 1.43. The summed E-state index contributed by atoms with van der Waals surface area (Å²) in [4.78, 5) is 4.95. The molecule has 1 aromatic carbocycles. The van der Waals surface area contributed by atoms with Crippen molar-refractivity contribution >= 4 is 29.9 Å². The van der Waals surface area contributed by atoms with Crippen molar-refractivity contribution < 1.29 is 9.84 Å². The zero-order chi connectivity index (χ0) is 19.6. The number of hydrogen-bond acceptors (Lipinski definition) is 3. The fourth-order valence-electron chi connectivity index (χ4n) is 3.92. The molecule has 1 unspecified atom stereocenters. The maximum atomic E-state index is 9.43. The van der Waals surface area contributed by atoms with Crippen molar-refractivity contribution in [2.45, 2.75) is 51.9 Å². The first-order valence-corrected chi connectivity index (χ1v) is 10.4. The van der Waals surface area contributed by atoms with Crippen LogP contribution < -0.4 is 10.6 Å². The molecule has 1 aliphatic rings. The predicted octanol–water partition coefficient (Wildman–Crippen LogP) is 3.71. The number of ether oxygens (including phenoxy) is 1. The second kappa shape index (κ2) is 12.6. The molecular formula is C22H38IN3O2. The van der Waals surface area contributed by atoms with E-state index in [-0.39, 0.29) is 41.4 Å². The Morgan fingerprint density at radius 3 is 2.43 bits per heavy atom. The largest absolute Gasteiger partial charge is 0.396 e. The molecule has 0 saturated carbocycles. The van der Waals surface area contributed by atoms with E-state index in [1.54, 1.807) is 0 Å². The molecule has 0 aromatic heterocycles. The van der Waals surface area contributed by atoms with E-state index in [4.69, 9.17) is 9.73 Å². The second-order valence-electron chi connectivity index (χ2n) is 7.68. The monoisotopic (exact) mass is 503 g/mol. The molecule has 160 valence electrons. The van der Waals surface area contributed by atoms with Gasteiger partial charge in [-0.3, -0.25) is 4.99 Å². The zero-order valence-electron chi connectivity index (χ0n) is 17.7. The van der Waals surface area contributed by atoms with E-state index in [9.17, 15) is 5.11 Å². The Kier molecular flexibility index (Phi) is 11.4. The first kappa shape index (κ1) is 25.2. The maximum Gasteiger partial charge on any atom is 0.191 e. The fraction of sp³-hybridized carbons (Fsp3) is 0.682. The number of guanidine groups is 1. The number of rotatable bonds is 10. The molecule has 1 aliphatic heterocycles. The molecule has 1 fully saturated rings. The Labute approximate surface area is 187 Å². The third kappa shape index (κ3) is 6.59. The molecule has 0 amide bonds. The molecule has 1 aromatic rings. The summed E-state index contributed by atoms with van der Waals surface area (Å²) in [5.74, 6) is 0.851. The third-order valence-electron chi connectivity index (χ3n) is 6.08. The number of hydrogen-bond donors (Lipinski definition) is 3. The van der Waals surface area contributed by atoms with Crippen LogP contribution in [0.25, 0.3) is 0 Å². The molecule has 1 heterocycles. The van der Waals surface area contributed by atoms with Crippen molar-refractivity contribution in [3.8, 4) is 0 Å². The Morgan fingerprint density at radius 2 is 1.89 bits per heavy atom. The summed E-state index contributed by atoms with van der Waals surface area (Å²) in [7, 11) is 0. The minimum Gasteiger partial charge on any atom is -0.396 e. The van der Waals surface area contributed by atoms with Gasteiger partial charge in [-0.1, -0.05) is 44.2 Å². The highest BCUT2D eigenvalue weighted by atomic mass is 127.